The molecule has 1 N–H and O–H groups in total. The Kier molecular flexibility index (Phi) is 1.17. The number of hydrogen-bond donors (Lipinski definition) is 1. The van der Waals surface area contributed by atoms with Gasteiger partial charge in [-0.1, -0.05) is 18.2 Å². The third kappa shape index (κ3) is 0.778. The molecule has 1 aromatic heterocycles. The molecule has 0 saturated heterocycles. The largest absolute Gasteiger partial charge is 0.348 e. The molecule has 2 rings (SSSR count). The zero-order valence-electron chi connectivity index (χ0n) is 5.54. The Balaban J connectivity index is 2.50. The van der Waals surface area contributed by atoms with E-state index in [-0.39, 0.29) is 0 Å². The molecule has 50 valence electrons. The van der Waals surface area contributed by atoms with Gasteiger partial charge in [-0.05, 0) is 6.08 Å². The molecule has 0 spiro atoms. The molecule has 0 aromatic carbocycles. The fourth-order valence-electron chi connectivity index (χ4n) is 1.05. The van der Waals surface area contributed by atoms with Crippen molar-refractivity contribution in [3.05, 3.63) is 35.9 Å². The Labute approximate surface area is 59.3 Å². The summed E-state index contributed by atoms with van der Waals surface area (Å²) in [4.78, 5) is 7.22. The van der Waals surface area contributed by atoms with Crippen molar-refractivity contribution in [2.24, 2.45) is 0 Å². The van der Waals surface area contributed by atoms with Crippen LogP contribution < -0.4 is 0 Å². The molecule has 2 nitrogen and oxygen atoms in total. The number of nitrogens with one attached hydrogen (secondary N) is 1. The normalized spacial score (nSPS) is 14.8. The summed E-state index contributed by atoms with van der Waals surface area (Å²) in [5.74, 6) is 0. The molecule has 0 atom stereocenters. The lowest BCUT2D eigenvalue weighted by atomic mass is 10.2. The van der Waals surface area contributed by atoms with E-state index >= 15 is 0 Å². The lowest BCUT2D eigenvalue weighted by Gasteiger charge is -1.88. The molecule has 1 aromatic rings. The SMILES string of the molecule is C1=CCc2[nH]cnc2C=C1. The molecule has 2 heteroatoms. The Morgan fingerprint density at radius 1 is 1.40 bits per heavy atom. The predicted octanol–water partition coefficient (Wildman–Crippen LogP) is 1.54. The molecule has 10 heavy (non-hydrogen) atoms. The van der Waals surface area contributed by atoms with E-state index in [9.17, 15) is 0 Å². The first-order chi connectivity index (χ1) is 4.97. The van der Waals surface area contributed by atoms with Crippen molar-refractivity contribution in [3.8, 4) is 0 Å². The zero-order chi connectivity index (χ0) is 6.81. The highest BCUT2D eigenvalue weighted by molar-refractivity contribution is 5.51. The Hall–Kier alpha value is -1.31. The second-order valence-electron chi connectivity index (χ2n) is 2.26. The van der Waals surface area contributed by atoms with Gasteiger partial charge in [0, 0.05) is 12.1 Å². The minimum Gasteiger partial charge on any atom is -0.348 e. The molecule has 1 aliphatic carbocycles. The summed E-state index contributed by atoms with van der Waals surface area (Å²) in [6, 6.07) is 0. The second kappa shape index (κ2) is 2.14. The van der Waals surface area contributed by atoms with E-state index in [4.69, 9.17) is 0 Å². The van der Waals surface area contributed by atoms with Gasteiger partial charge in [0.05, 0.1) is 12.0 Å². The summed E-state index contributed by atoms with van der Waals surface area (Å²) in [5.41, 5.74) is 2.26. The van der Waals surface area contributed by atoms with Gasteiger partial charge in [-0.2, -0.15) is 0 Å². The van der Waals surface area contributed by atoms with Crippen LogP contribution in [0.25, 0.3) is 6.08 Å². The van der Waals surface area contributed by atoms with Crippen LogP contribution in [-0.4, -0.2) is 9.97 Å². The maximum Gasteiger partial charge on any atom is 0.0929 e. The van der Waals surface area contributed by atoms with Crippen molar-refractivity contribution in [2.45, 2.75) is 6.42 Å². The molecule has 0 amide bonds. The number of imidazole rings is 1. The molecule has 1 aliphatic rings. The fourth-order valence-corrected chi connectivity index (χ4v) is 1.05. The standard InChI is InChI=1S/C8H8N2/c1-2-4-7-8(5-3-1)10-6-9-7/h1-4,6H,5H2,(H,9,10). The molecule has 0 radical (unpaired) electrons. The number of aromatic amines is 1. The van der Waals surface area contributed by atoms with Crippen LogP contribution in [0.1, 0.15) is 11.4 Å². The van der Waals surface area contributed by atoms with Crippen LogP contribution in [-0.2, 0) is 6.42 Å². The first-order valence-electron chi connectivity index (χ1n) is 3.32. The van der Waals surface area contributed by atoms with E-state index in [0.717, 1.165) is 12.1 Å². The lowest BCUT2D eigenvalue weighted by Crippen LogP contribution is -1.82. The van der Waals surface area contributed by atoms with Crippen LogP contribution in [0.3, 0.4) is 0 Å². The molecule has 0 fully saturated rings. The third-order valence-electron chi connectivity index (χ3n) is 1.57. The van der Waals surface area contributed by atoms with Crippen LogP contribution >= 0.6 is 0 Å². The van der Waals surface area contributed by atoms with Gasteiger partial charge in [0.1, 0.15) is 0 Å². The second-order valence-corrected chi connectivity index (χ2v) is 2.26. The van der Waals surface area contributed by atoms with Crippen molar-refractivity contribution in [1.82, 2.24) is 9.97 Å². The predicted molar refractivity (Wildman–Crippen MR) is 40.5 cm³/mol. The molecule has 0 unspecified atom stereocenters. The van der Waals surface area contributed by atoms with Gasteiger partial charge in [-0.3, -0.25) is 0 Å². The fraction of sp³-hybridized carbons (Fsp3) is 0.125. The topological polar surface area (TPSA) is 28.7 Å². The highest BCUT2D eigenvalue weighted by Gasteiger charge is 2.00. The number of hydrogen-bond acceptors (Lipinski definition) is 1. The number of H-pyrrole nitrogens is 1. The van der Waals surface area contributed by atoms with Gasteiger partial charge in [0.2, 0.25) is 0 Å². The molecular weight excluding hydrogens is 124 g/mol. The van der Waals surface area contributed by atoms with Gasteiger partial charge in [0.15, 0.2) is 0 Å². The van der Waals surface area contributed by atoms with Gasteiger partial charge < -0.3 is 4.98 Å². The van der Waals surface area contributed by atoms with E-state index in [1.807, 2.05) is 18.2 Å². The third-order valence-corrected chi connectivity index (χ3v) is 1.57. The first kappa shape index (κ1) is 5.47. The van der Waals surface area contributed by atoms with Crippen molar-refractivity contribution >= 4 is 6.08 Å². The van der Waals surface area contributed by atoms with Crippen molar-refractivity contribution in [1.29, 1.82) is 0 Å². The van der Waals surface area contributed by atoms with E-state index in [1.54, 1.807) is 6.33 Å². The lowest BCUT2D eigenvalue weighted by molar-refractivity contribution is 1.15. The smallest absolute Gasteiger partial charge is 0.0929 e. The van der Waals surface area contributed by atoms with Crippen molar-refractivity contribution < 1.29 is 0 Å². The Morgan fingerprint density at radius 3 is 3.40 bits per heavy atom. The molecule has 1 heterocycles. The average Bonchev–Trinajstić information content (AvgIpc) is 2.28. The Bertz CT molecular complexity index is 281. The zero-order valence-corrected chi connectivity index (χ0v) is 5.54. The summed E-state index contributed by atoms with van der Waals surface area (Å²) in [7, 11) is 0. The first-order valence-corrected chi connectivity index (χ1v) is 3.32. The van der Waals surface area contributed by atoms with E-state index in [0.29, 0.717) is 0 Å². The van der Waals surface area contributed by atoms with Crippen LogP contribution in [0.15, 0.2) is 24.6 Å². The van der Waals surface area contributed by atoms with Gasteiger partial charge in [-0.15, -0.1) is 0 Å². The van der Waals surface area contributed by atoms with Gasteiger partial charge >= 0.3 is 0 Å². The van der Waals surface area contributed by atoms with Crippen LogP contribution in [0.4, 0.5) is 0 Å². The Morgan fingerprint density at radius 2 is 2.40 bits per heavy atom. The van der Waals surface area contributed by atoms with Gasteiger partial charge in [0.25, 0.3) is 0 Å². The highest BCUT2D eigenvalue weighted by atomic mass is 14.9. The van der Waals surface area contributed by atoms with E-state index in [1.165, 1.54) is 5.69 Å². The summed E-state index contributed by atoms with van der Waals surface area (Å²) < 4.78 is 0. The summed E-state index contributed by atoms with van der Waals surface area (Å²) in [6.07, 6.45) is 10.9. The number of rotatable bonds is 0. The van der Waals surface area contributed by atoms with Crippen molar-refractivity contribution in [2.75, 3.05) is 0 Å². The number of fused-ring (bicyclic) bond motifs is 1. The summed E-state index contributed by atoms with van der Waals surface area (Å²) in [6.45, 7) is 0. The monoisotopic (exact) mass is 132 g/mol. The van der Waals surface area contributed by atoms with Crippen molar-refractivity contribution in [3.63, 3.8) is 0 Å². The van der Waals surface area contributed by atoms with Crippen LogP contribution in [0.5, 0.6) is 0 Å². The van der Waals surface area contributed by atoms with Crippen LogP contribution in [0.2, 0.25) is 0 Å². The van der Waals surface area contributed by atoms with Crippen LogP contribution in [0, 0.1) is 0 Å². The van der Waals surface area contributed by atoms with E-state index < -0.39 is 0 Å². The number of aromatic nitrogens is 2. The molecule has 0 aliphatic heterocycles. The maximum atomic E-state index is 4.13. The summed E-state index contributed by atoms with van der Waals surface area (Å²) in [5, 5.41) is 0. The highest BCUT2D eigenvalue weighted by Crippen LogP contribution is 2.09. The quantitative estimate of drug-likeness (QED) is 0.569. The average molecular weight is 132 g/mol. The molecule has 0 bridgehead atoms. The number of allylic oxidation sites excluding steroid dienone is 3. The van der Waals surface area contributed by atoms with E-state index in [2.05, 4.69) is 16.0 Å². The van der Waals surface area contributed by atoms with Gasteiger partial charge in [-0.25, -0.2) is 4.98 Å². The maximum absolute atomic E-state index is 4.13. The molecular formula is C8H8N2. The number of nitrogens with zero attached hydrogens (tertiary/aromatic N) is 1. The summed E-state index contributed by atoms with van der Waals surface area (Å²) >= 11 is 0. The minimum absolute atomic E-state index is 0.961. The molecule has 0 saturated carbocycles. The minimum atomic E-state index is 0.961.